The van der Waals surface area contributed by atoms with Crippen molar-refractivity contribution in [3.8, 4) is 0 Å². The van der Waals surface area contributed by atoms with Gasteiger partial charge < -0.3 is 4.74 Å². The van der Waals surface area contributed by atoms with Crippen LogP contribution in [0.2, 0.25) is 0 Å². The molecule has 1 aliphatic heterocycles. The van der Waals surface area contributed by atoms with Gasteiger partial charge in [0.25, 0.3) is 0 Å². The van der Waals surface area contributed by atoms with Crippen molar-refractivity contribution in [1.82, 2.24) is 9.78 Å². The van der Waals surface area contributed by atoms with E-state index in [2.05, 4.69) is 9.82 Å². The predicted molar refractivity (Wildman–Crippen MR) is 64.3 cm³/mol. The zero-order chi connectivity index (χ0) is 12.5. The zero-order valence-corrected chi connectivity index (χ0v) is 10.8. The Kier molecular flexibility index (Phi) is 3.39. The molecule has 1 aliphatic rings. The van der Waals surface area contributed by atoms with E-state index < -0.39 is 10.0 Å². The van der Waals surface area contributed by atoms with Gasteiger partial charge in [-0.1, -0.05) is 0 Å². The number of rotatable bonds is 4. The minimum atomic E-state index is -3.36. The molecule has 0 spiro atoms. The maximum Gasteiger partial charge on any atom is 0.235 e. The summed E-state index contributed by atoms with van der Waals surface area (Å²) in [6.45, 7) is 2.48. The lowest BCUT2D eigenvalue weighted by molar-refractivity contribution is 0.127. The number of sulfonamides is 1. The van der Waals surface area contributed by atoms with Crippen LogP contribution in [0.15, 0.2) is 6.20 Å². The molecule has 1 fully saturated rings. The Balaban J connectivity index is 2.04. The molecule has 96 valence electrons. The van der Waals surface area contributed by atoms with Gasteiger partial charge in [-0.2, -0.15) is 5.10 Å². The third-order valence-electron chi connectivity index (χ3n) is 2.93. The van der Waals surface area contributed by atoms with Gasteiger partial charge in [0.2, 0.25) is 10.0 Å². The highest BCUT2D eigenvalue weighted by Crippen LogP contribution is 2.18. The van der Waals surface area contributed by atoms with Gasteiger partial charge in [-0.15, -0.1) is 0 Å². The topological polar surface area (TPSA) is 73.2 Å². The van der Waals surface area contributed by atoms with Gasteiger partial charge in [0.15, 0.2) is 0 Å². The summed E-state index contributed by atoms with van der Waals surface area (Å²) < 4.78 is 33.3. The van der Waals surface area contributed by atoms with E-state index in [-0.39, 0.29) is 11.9 Å². The molecule has 1 unspecified atom stereocenters. The van der Waals surface area contributed by atoms with Crippen LogP contribution in [0.25, 0.3) is 0 Å². The highest BCUT2D eigenvalue weighted by Gasteiger charge is 2.24. The molecule has 1 aromatic rings. The van der Waals surface area contributed by atoms with Crippen molar-refractivity contribution >= 4 is 15.7 Å². The summed E-state index contributed by atoms with van der Waals surface area (Å²) in [5.74, 6) is 0.0152. The minimum Gasteiger partial charge on any atom is -0.377 e. The molecule has 0 bridgehead atoms. The quantitative estimate of drug-likeness (QED) is 0.861. The molecule has 0 aliphatic carbocycles. The molecule has 1 atom stereocenters. The van der Waals surface area contributed by atoms with Crippen LogP contribution in [0.1, 0.15) is 18.5 Å². The zero-order valence-electron chi connectivity index (χ0n) is 10.0. The van der Waals surface area contributed by atoms with Crippen LogP contribution in [0.5, 0.6) is 0 Å². The molecule has 1 N–H and O–H groups in total. The number of aryl methyl sites for hydroxylation is 1. The molecule has 0 radical (unpaired) electrons. The van der Waals surface area contributed by atoms with Crippen LogP contribution < -0.4 is 4.72 Å². The fraction of sp³-hybridized carbons (Fsp3) is 0.700. The van der Waals surface area contributed by atoms with Crippen molar-refractivity contribution < 1.29 is 13.2 Å². The Hall–Kier alpha value is -1.08. The van der Waals surface area contributed by atoms with E-state index in [0.29, 0.717) is 12.3 Å². The summed E-state index contributed by atoms with van der Waals surface area (Å²) >= 11 is 0. The van der Waals surface area contributed by atoms with Crippen LogP contribution in [-0.4, -0.2) is 36.7 Å². The molecule has 6 nitrogen and oxygen atoms in total. The second-order valence-corrected chi connectivity index (χ2v) is 6.05. The van der Waals surface area contributed by atoms with E-state index in [1.54, 1.807) is 11.7 Å². The molecule has 0 saturated carbocycles. The first-order valence-electron chi connectivity index (χ1n) is 5.58. The SMILES string of the molecule is Cc1c(NS(=O)(=O)CC2CCCO2)cnn1C. The smallest absolute Gasteiger partial charge is 0.235 e. The summed E-state index contributed by atoms with van der Waals surface area (Å²) in [6.07, 6.45) is 3.09. The van der Waals surface area contributed by atoms with Crippen molar-refractivity contribution in [3.05, 3.63) is 11.9 Å². The Morgan fingerprint density at radius 1 is 1.65 bits per heavy atom. The maximum atomic E-state index is 11.9. The maximum absolute atomic E-state index is 11.9. The van der Waals surface area contributed by atoms with E-state index in [1.165, 1.54) is 6.20 Å². The molecular weight excluding hydrogens is 242 g/mol. The summed E-state index contributed by atoms with van der Waals surface area (Å²) in [5, 5.41) is 3.99. The fourth-order valence-corrected chi connectivity index (χ4v) is 3.20. The fourth-order valence-electron chi connectivity index (χ4n) is 1.83. The van der Waals surface area contributed by atoms with E-state index >= 15 is 0 Å². The van der Waals surface area contributed by atoms with Crippen molar-refractivity contribution in [2.24, 2.45) is 7.05 Å². The molecule has 0 amide bonds. The number of aromatic nitrogens is 2. The molecular formula is C10H17N3O3S. The number of ether oxygens (including phenoxy) is 1. The third kappa shape index (κ3) is 2.98. The first-order chi connectivity index (χ1) is 7.98. The lowest BCUT2D eigenvalue weighted by atomic mass is 10.3. The minimum absolute atomic E-state index is 0.0152. The summed E-state index contributed by atoms with van der Waals surface area (Å²) in [7, 11) is -1.58. The lowest BCUT2D eigenvalue weighted by Gasteiger charge is -2.11. The van der Waals surface area contributed by atoms with Crippen LogP contribution in [0, 0.1) is 6.92 Å². The second kappa shape index (κ2) is 4.66. The summed E-state index contributed by atoms with van der Waals surface area (Å²) in [5.41, 5.74) is 1.33. The standard InChI is InChI=1S/C10H17N3O3S/c1-8-10(6-11-13(8)2)12-17(14,15)7-9-4-3-5-16-9/h6,9,12H,3-5,7H2,1-2H3. The highest BCUT2D eigenvalue weighted by molar-refractivity contribution is 7.92. The van der Waals surface area contributed by atoms with Gasteiger partial charge in [0.05, 0.1) is 29.4 Å². The average molecular weight is 259 g/mol. The molecule has 7 heteroatoms. The Bertz CT molecular complexity index is 489. The van der Waals surface area contributed by atoms with Crippen molar-refractivity contribution in [2.75, 3.05) is 17.1 Å². The molecule has 0 aromatic carbocycles. The number of hydrogen-bond acceptors (Lipinski definition) is 4. The Morgan fingerprint density at radius 2 is 2.41 bits per heavy atom. The van der Waals surface area contributed by atoms with Crippen LogP contribution >= 0.6 is 0 Å². The third-order valence-corrected chi connectivity index (χ3v) is 4.27. The van der Waals surface area contributed by atoms with Gasteiger partial charge in [-0.05, 0) is 19.8 Å². The summed E-state index contributed by atoms with van der Waals surface area (Å²) in [6, 6.07) is 0. The van der Waals surface area contributed by atoms with Gasteiger partial charge in [0, 0.05) is 13.7 Å². The normalized spacial score (nSPS) is 20.7. The molecule has 1 aromatic heterocycles. The molecule has 2 heterocycles. The van der Waals surface area contributed by atoms with E-state index in [0.717, 1.165) is 18.5 Å². The van der Waals surface area contributed by atoms with Gasteiger partial charge >= 0.3 is 0 Å². The van der Waals surface area contributed by atoms with Crippen molar-refractivity contribution in [3.63, 3.8) is 0 Å². The molecule has 17 heavy (non-hydrogen) atoms. The average Bonchev–Trinajstić information content (AvgIpc) is 2.83. The second-order valence-electron chi connectivity index (χ2n) is 4.29. The van der Waals surface area contributed by atoms with Crippen molar-refractivity contribution in [2.45, 2.75) is 25.9 Å². The predicted octanol–water partition coefficient (Wildman–Crippen LogP) is 0.649. The van der Waals surface area contributed by atoms with Gasteiger partial charge in [0.1, 0.15) is 0 Å². The van der Waals surface area contributed by atoms with Gasteiger partial charge in [-0.3, -0.25) is 9.40 Å². The highest BCUT2D eigenvalue weighted by atomic mass is 32.2. The van der Waals surface area contributed by atoms with E-state index in [9.17, 15) is 8.42 Å². The van der Waals surface area contributed by atoms with E-state index in [4.69, 9.17) is 4.74 Å². The van der Waals surface area contributed by atoms with E-state index in [1.807, 2.05) is 6.92 Å². The lowest BCUT2D eigenvalue weighted by Crippen LogP contribution is -2.25. The number of nitrogens with zero attached hydrogens (tertiary/aromatic N) is 2. The number of nitrogens with one attached hydrogen (secondary N) is 1. The van der Waals surface area contributed by atoms with Crippen molar-refractivity contribution in [1.29, 1.82) is 0 Å². The largest absolute Gasteiger partial charge is 0.377 e. The van der Waals surface area contributed by atoms with Gasteiger partial charge in [-0.25, -0.2) is 8.42 Å². The Morgan fingerprint density at radius 3 is 2.94 bits per heavy atom. The number of anilines is 1. The summed E-state index contributed by atoms with van der Waals surface area (Å²) in [4.78, 5) is 0. The molecule has 2 rings (SSSR count). The first-order valence-corrected chi connectivity index (χ1v) is 7.24. The first kappa shape index (κ1) is 12.4. The van der Waals surface area contributed by atoms with Crippen LogP contribution in [0.4, 0.5) is 5.69 Å². The van der Waals surface area contributed by atoms with Crippen LogP contribution in [-0.2, 0) is 21.8 Å². The molecule has 1 saturated heterocycles. The van der Waals surface area contributed by atoms with Crippen LogP contribution in [0.3, 0.4) is 0 Å². The Labute approximate surface area is 101 Å². The monoisotopic (exact) mass is 259 g/mol. The number of hydrogen-bond donors (Lipinski definition) is 1.